The number of methoxy groups -OCH3 is 1. The first kappa shape index (κ1) is 14.4. The van der Waals surface area contributed by atoms with E-state index in [1.165, 1.54) is 6.42 Å². The standard InChI is InChI=1S/C16H26O5/c1-9-5-6-12-10(2)13(17-4)18-14-16(12)11(9)7-8-15(3,19-14)20-21-16/h9-14H,5-8H2,1-4H3/t9-,10+,11+,12+,13?,14-,15-,16-/m1/s1. The third kappa shape index (κ3) is 1.81. The molecule has 1 aliphatic carbocycles. The van der Waals surface area contributed by atoms with Gasteiger partial charge in [-0.1, -0.05) is 13.8 Å². The van der Waals surface area contributed by atoms with Crippen LogP contribution in [0.25, 0.3) is 0 Å². The molecule has 0 aromatic rings. The summed E-state index contributed by atoms with van der Waals surface area (Å²) < 4.78 is 17.9. The third-order valence-corrected chi connectivity index (χ3v) is 6.33. The van der Waals surface area contributed by atoms with Crippen LogP contribution >= 0.6 is 0 Å². The molecule has 4 heterocycles. The minimum absolute atomic E-state index is 0.230. The SMILES string of the molecule is COC1O[C@@H]2O[C@@]3(C)CC[C@H]4[C@H](C)CC[C@@H]([C@@H]1C)[C@@]24OO3. The fourth-order valence-corrected chi connectivity index (χ4v) is 5.14. The van der Waals surface area contributed by atoms with Gasteiger partial charge in [0.2, 0.25) is 5.79 Å². The van der Waals surface area contributed by atoms with Gasteiger partial charge in [0.05, 0.1) is 0 Å². The minimum Gasteiger partial charge on any atom is -0.355 e. The Bertz CT molecular complexity index is 429. The molecule has 5 nitrogen and oxygen atoms in total. The zero-order valence-corrected chi connectivity index (χ0v) is 13.3. The molecule has 0 amide bonds. The molecule has 0 aromatic heterocycles. The van der Waals surface area contributed by atoms with Crippen LogP contribution in [0.1, 0.15) is 46.5 Å². The van der Waals surface area contributed by atoms with Crippen molar-refractivity contribution in [2.75, 3.05) is 7.11 Å². The van der Waals surface area contributed by atoms with Crippen LogP contribution in [0.15, 0.2) is 0 Å². The molecule has 5 aliphatic rings. The molecule has 1 spiro atoms. The highest BCUT2D eigenvalue weighted by atomic mass is 17.3. The zero-order valence-electron chi connectivity index (χ0n) is 13.3. The number of fused-ring (bicyclic) bond motifs is 2. The van der Waals surface area contributed by atoms with E-state index in [0.29, 0.717) is 17.8 Å². The van der Waals surface area contributed by atoms with Crippen LogP contribution in [-0.2, 0) is 24.0 Å². The molecular formula is C16H26O5. The molecule has 120 valence electrons. The Labute approximate surface area is 126 Å². The number of hydrogen-bond donors (Lipinski definition) is 0. The highest BCUT2D eigenvalue weighted by molar-refractivity contribution is 5.08. The van der Waals surface area contributed by atoms with Gasteiger partial charge < -0.3 is 14.2 Å². The summed E-state index contributed by atoms with van der Waals surface area (Å²) in [6.45, 7) is 6.46. The van der Waals surface area contributed by atoms with Crippen molar-refractivity contribution >= 4 is 0 Å². The lowest BCUT2D eigenvalue weighted by Gasteiger charge is -2.60. The van der Waals surface area contributed by atoms with Gasteiger partial charge in [-0.25, -0.2) is 9.78 Å². The summed E-state index contributed by atoms with van der Waals surface area (Å²) in [5.41, 5.74) is -0.470. The fraction of sp³-hybridized carbons (Fsp3) is 1.00. The molecule has 4 saturated heterocycles. The Balaban J connectivity index is 1.79. The highest BCUT2D eigenvalue weighted by Crippen LogP contribution is 2.60. The number of rotatable bonds is 1. The molecule has 2 bridgehead atoms. The van der Waals surface area contributed by atoms with Crippen molar-refractivity contribution in [2.45, 2.75) is 70.4 Å². The second-order valence-electron chi connectivity index (χ2n) is 7.51. The van der Waals surface area contributed by atoms with E-state index in [4.69, 9.17) is 24.0 Å². The van der Waals surface area contributed by atoms with E-state index in [1.807, 2.05) is 6.92 Å². The Morgan fingerprint density at radius 3 is 2.62 bits per heavy atom. The molecule has 5 rings (SSSR count). The van der Waals surface area contributed by atoms with Gasteiger partial charge in [0, 0.05) is 25.4 Å². The summed E-state index contributed by atoms with van der Waals surface area (Å²) in [6, 6.07) is 0. The maximum atomic E-state index is 6.21. The molecule has 0 radical (unpaired) electrons. The van der Waals surface area contributed by atoms with Gasteiger partial charge in [0.15, 0.2) is 18.2 Å². The monoisotopic (exact) mass is 298 g/mol. The highest BCUT2D eigenvalue weighted by Gasteiger charge is 2.69. The van der Waals surface area contributed by atoms with Crippen molar-refractivity contribution in [1.29, 1.82) is 0 Å². The van der Waals surface area contributed by atoms with Crippen molar-refractivity contribution < 1.29 is 24.0 Å². The molecule has 1 saturated carbocycles. The average Bonchev–Trinajstić information content (AvgIpc) is 2.69. The van der Waals surface area contributed by atoms with E-state index in [1.54, 1.807) is 7.11 Å². The molecule has 5 fully saturated rings. The van der Waals surface area contributed by atoms with Crippen molar-refractivity contribution in [2.24, 2.45) is 23.7 Å². The Morgan fingerprint density at radius 1 is 1.05 bits per heavy atom. The second-order valence-corrected chi connectivity index (χ2v) is 7.51. The molecular weight excluding hydrogens is 272 g/mol. The zero-order chi connectivity index (χ0) is 14.8. The molecule has 21 heavy (non-hydrogen) atoms. The van der Waals surface area contributed by atoms with Gasteiger partial charge in [0.25, 0.3) is 0 Å². The lowest BCUT2D eigenvalue weighted by Crippen LogP contribution is -2.70. The van der Waals surface area contributed by atoms with Gasteiger partial charge in [-0.15, -0.1) is 0 Å². The Hall–Kier alpha value is -0.200. The largest absolute Gasteiger partial charge is 0.355 e. The van der Waals surface area contributed by atoms with Crippen molar-refractivity contribution in [3.63, 3.8) is 0 Å². The molecule has 0 aromatic carbocycles. The summed E-state index contributed by atoms with van der Waals surface area (Å²) in [5, 5.41) is 0. The normalized spacial score (nSPS) is 59.4. The van der Waals surface area contributed by atoms with Crippen LogP contribution in [-0.4, -0.2) is 31.1 Å². The second kappa shape index (κ2) is 4.65. The first-order valence-electron chi connectivity index (χ1n) is 8.23. The molecule has 1 unspecified atom stereocenters. The lowest BCUT2D eigenvalue weighted by atomic mass is 9.58. The van der Waals surface area contributed by atoms with Crippen molar-refractivity contribution in [1.82, 2.24) is 0 Å². The summed E-state index contributed by atoms with van der Waals surface area (Å²) in [4.78, 5) is 11.8. The third-order valence-electron chi connectivity index (χ3n) is 6.33. The predicted octanol–water partition coefficient (Wildman–Crippen LogP) is 2.84. The van der Waals surface area contributed by atoms with Gasteiger partial charge in [-0.2, -0.15) is 0 Å². The van der Waals surface area contributed by atoms with Gasteiger partial charge in [-0.3, -0.25) is 0 Å². The minimum atomic E-state index is -0.698. The molecule has 0 N–H and O–H groups in total. The maximum Gasteiger partial charge on any atom is 0.201 e. The van der Waals surface area contributed by atoms with Gasteiger partial charge in [0.1, 0.15) is 0 Å². The van der Waals surface area contributed by atoms with Crippen LogP contribution in [0.5, 0.6) is 0 Å². The van der Waals surface area contributed by atoms with Gasteiger partial charge >= 0.3 is 0 Å². The first-order chi connectivity index (χ1) is 10.00. The van der Waals surface area contributed by atoms with E-state index >= 15 is 0 Å². The molecule has 4 aliphatic heterocycles. The van der Waals surface area contributed by atoms with E-state index in [2.05, 4.69) is 13.8 Å². The Kier molecular flexibility index (Phi) is 3.19. The molecule has 5 heteroatoms. The van der Waals surface area contributed by atoms with Crippen LogP contribution in [0.4, 0.5) is 0 Å². The van der Waals surface area contributed by atoms with Crippen LogP contribution in [0, 0.1) is 23.7 Å². The van der Waals surface area contributed by atoms with Crippen LogP contribution in [0.2, 0.25) is 0 Å². The van der Waals surface area contributed by atoms with Crippen LogP contribution < -0.4 is 0 Å². The number of ether oxygens (including phenoxy) is 3. The predicted molar refractivity (Wildman–Crippen MR) is 73.8 cm³/mol. The van der Waals surface area contributed by atoms with Gasteiger partial charge in [-0.05, 0) is 38.0 Å². The molecule has 8 atom stereocenters. The van der Waals surface area contributed by atoms with E-state index in [9.17, 15) is 0 Å². The quantitative estimate of drug-likeness (QED) is 0.697. The van der Waals surface area contributed by atoms with E-state index in [0.717, 1.165) is 19.3 Å². The van der Waals surface area contributed by atoms with Crippen LogP contribution in [0.3, 0.4) is 0 Å². The van der Waals surface area contributed by atoms with E-state index in [-0.39, 0.29) is 12.2 Å². The fourth-order valence-electron chi connectivity index (χ4n) is 5.14. The smallest absolute Gasteiger partial charge is 0.201 e. The maximum absolute atomic E-state index is 6.21. The summed E-state index contributed by atoms with van der Waals surface area (Å²) in [6.07, 6.45) is 3.64. The number of hydrogen-bond acceptors (Lipinski definition) is 5. The Morgan fingerprint density at radius 2 is 1.86 bits per heavy atom. The van der Waals surface area contributed by atoms with Crippen molar-refractivity contribution in [3.05, 3.63) is 0 Å². The lowest BCUT2D eigenvalue weighted by molar-refractivity contribution is -0.577. The summed E-state index contributed by atoms with van der Waals surface area (Å²) >= 11 is 0. The summed E-state index contributed by atoms with van der Waals surface area (Å²) in [7, 11) is 1.70. The topological polar surface area (TPSA) is 46.2 Å². The average molecular weight is 298 g/mol. The van der Waals surface area contributed by atoms with E-state index < -0.39 is 17.7 Å². The first-order valence-corrected chi connectivity index (χ1v) is 8.23. The van der Waals surface area contributed by atoms with Crippen molar-refractivity contribution in [3.8, 4) is 0 Å². The summed E-state index contributed by atoms with van der Waals surface area (Å²) in [5.74, 6) is 0.953.